The molecule has 1 fully saturated rings. The van der Waals surface area contributed by atoms with E-state index >= 15 is 0 Å². The monoisotopic (exact) mass is 393 g/mol. The number of thioether (sulfide) groups is 1. The molecule has 11 heteroatoms. The Labute approximate surface area is 161 Å². The highest BCUT2D eigenvalue weighted by atomic mass is 32.2. The Balaban J connectivity index is 1.67. The number of anilines is 1. The van der Waals surface area contributed by atoms with Crippen molar-refractivity contribution in [3.8, 4) is 11.5 Å². The van der Waals surface area contributed by atoms with Crippen LogP contribution in [-0.4, -0.2) is 60.6 Å². The van der Waals surface area contributed by atoms with Crippen LogP contribution in [-0.2, 0) is 16.6 Å². The minimum absolute atomic E-state index is 0.102. The molecule has 0 unspecified atom stereocenters. The van der Waals surface area contributed by atoms with Gasteiger partial charge >= 0.3 is 0 Å². The second kappa shape index (κ2) is 8.07. The van der Waals surface area contributed by atoms with Gasteiger partial charge in [0.1, 0.15) is 0 Å². The fourth-order valence-electron chi connectivity index (χ4n) is 3.31. The van der Waals surface area contributed by atoms with Crippen LogP contribution in [0.5, 0.6) is 0 Å². The predicted molar refractivity (Wildman–Crippen MR) is 98.8 cm³/mol. The lowest BCUT2D eigenvalue weighted by Crippen LogP contribution is -2.43. The number of likely N-dealkylation sites (tertiary alicyclic amines) is 1. The Hall–Kier alpha value is -2.43. The van der Waals surface area contributed by atoms with Crippen LogP contribution < -0.4 is 5.32 Å². The van der Waals surface area contributed by atoms with Crippen molar-refractivity contribution in [3.05, 3.63) is 0 Å². The summed E-state index contributed by atoms with van der Waals surface area (Å²) in [5.74, 6) is 1.73. The Morgan fingerprint density at radius 2 is 1.93 bits per heavy atom. The number of amides is 2. The standard InChI is InChI=1S/C16H23N7O3S/c1-9-5-10(2)7-23(6-9)12(25)8-27-16-19-18-15(22(16)4)13-14(17-11(3)24)21-26-20-13/h9-10H,5-8H2,1-4H3,(H,17,21,24)/t9-,10-/m1/s1. The Bertz CT molecular complexity index is 824. The second-order valence-electron chi connectivity index (χ2n) is 7.04. The van der Waals surface area contributed by atoms with Crippen molar-refractivity contribution in [2.45, 2.75) is 32.3 Å². The minimum atomic E-state index is -0.292. The number of rotatable bonds is 5. The van der Waals surface area contributed by atoms with E-state index in [0.29, 0.717) is 28.6 Å². The third-order valence-corrected chi connectivity index (χ3v) is 5.38. The molecular formula is C16H23N7O3S. The fourth-order valence-corrected chi connectivity index (χ4v) is 4.13. The number of aromatic nitrogens is 5. The van der Waals surface area contributed by atoms with Gasteiger partial charge in [0.15, 0.2) is 16.7 Å². The van der Waals surface area contributed by atoms with Crippen LogP contribution in [0.25, 0.3) is 11.5 Å². The van der Waals surface area contributed by atoms with Gasteiger partial charge in [0.2, 0.25) is 17.6 Å². The van der Waals surface area contributed by atoms with Gasteiger partial charge in [-0.15, -0.1) is 10.2 Å². The van der Waals surface area contributed by atoms with Crippen LogP contribution in [0.3, 0.4) is 0 Å². The van der Waals surface area contributed by atoms with Crippen molar-refractivity contribution in [1.29, 1.82) is 0 Å². The topological polar surface area (TPSA) is 119 Å². The van der Waals surface area contributed by atoms with E-state index in [9.17, 15) is 9.59 Å². The molecule has 1 aliphatic rings. The molecule has 0 aliphatic carbocycles. The van der Waals surface area contributed by atoms with Gasteiger partial charge in [0, 0.05) is 27.1 Å². The molecule has 2 aromatic heterocycles. The maximum atomic E-state index is 12.5. The van der Waals surface area contributed by atoms with Gasteiger partial charge in [-0.05, 0) is 28.6 Å². The lowest BCUT2D eigenvalue weighted by atomic mass is 9.92. The molecule has 0 saturated carbocycles. The molecule has 2 aromatic rings. The van der Waals surface area contributed by atoms with E-state index in [2.05, 4.69) is 39.7 Å². The summed E-state index contributed by atoms with van der Waals surface area (Å²) in [6.45, 7) is 7.33. The molecule has 0 aromatic carbocycles. The van der Waals surface area contributed by atoms with E-state index in [4.69, 9.17) is 4.63 Å². The number of hydrogen-bond donors (Lipinski definition) is 1. The highest BCUT2D eigenvalue weighted by Gasteiger charge is 2.26. The first-order valence-electron chi connectivity index (χ1n) is 8.75. The molecule has 3 heterocycles. The predicted octanol–water partition coefficient (Wildman–Crippen LogP) is 1.42. The first kappa shape index (κ1) is 19.3. The van der Waals surface area contributed by atoms with Crippen molar-refractivity contribution in [1.82, 2.24) is 30.0 Å². The van der Waals surface area contributed by atoms with Gasteiger partial charge in [-0.2, -0.15) is 0 Å². The Kier molecular flexibility index (Phi) is 5.78. The van der Waals surface area contributed by atoms with Gasteiger partial charge < -0.3 is 14.8 Å². The van der Waals surface area contributed by atoms with E-state index in [1.807, 2.05) is 4.90 Å². The van der Waals surface area contributed by atoms with Gasteiger partial charge in [0.05, 0.1) is 5.75 Å². The minimum Gasteiger partial charge on any atom is -0.341 e. The number of carbonyl (C=O) groups excluding carboxylic acids is 2. The molecule has 10 nitrogen and oxygen atoms in total. The lowest BCUT2D eigenvalue weighted by Gasteiger charge is -2.34. The summed E-state index contributed by atoms with van der Waals surface area (Å²) in [7, 11) is 1.76. The van der Waals surface area contributed by atoms with Crippen LogP contribution in [0.2, 0.25) is 0 Å². The molecule has 1 aliphatic heterocycles. The van der Waals surface area contributed by atoms with E-state index in [1.165, 1.54) is 18.7 Å². The fraction of sp³-hybridized carbons (Fsp3) is 0.625. The summed E-state index contributed by atoms with van der Waals surface area (Å²) in [6, 6.07) is 0. The first-order chi connectivity index (χ1) is 12.8. The normalized spacial score (nSPS) is 19.9. The second-order valence-corrected chi connectivity index (χ2v) is 7.98. The van der Waals surface area contributed by atoms with Gasteiger partial charge in [0.25, 0.3) is 0 Å². The third-order valence-electron chi connectivity index (χ3n) is 4.38. The maximum absolute atomic E-state index is 12.5. The molecule has 27 heavy (non-hydrogen) atoms. The molecule has 1 N–H and O–H groups in total. The highest BCUT2D eigenvalue weighted by Crippen LogP contribution is 2.27. The molecule has 0 spiro atoms. The molecular weight excluding hydrogens is 370 g/mol. The molecule has 0 radical (unpaired) electrons. The molecule has 0 bridgehead atoms. The average Bonchev–Trinajstić information content (AvgIpc) is 3.17. The number of nitrogens with one attached hydrogen (secondary N) is 1. The maximum Gasteiger partial charge on any atom is 0.233 e. The first-order valence-corrected chi connectivity index (χ1v) is 9.74. The van der Waals surface area contributed by atoms with Crippen molar-refractivity contribution in [3.63, 3.8) is 0 Å². The van der Waals surface area contributed by atoms with Gasteiger partial charge in [-0.25, -0.2) is 4.63 Å². The van der Waals surface area contributed by atoms with Gasteiger partial charge in [-0.1, -0.05) is 25.6 Å². The zero-order valence-electron chi connectivity index (χ0n) is 15.8. The van der Waals surface area contributed by atoms with Crippen molar-refractivity contribution in [2.24, 2.45) is 18.9 Å². The number of nitrogens with zero attached hydrogens (tertiary/aromatic N) is 6. The van der Waals surface area contributed by atoms with Crippen LogP contribution in [0.1, 0.15) is 27.2 Å². The lowest BCUT2D eigenvalue weighted by molar-refractivity contribution is -0.131. The van der Waals surface area contributed by atoms with Crippen LogP contribution in [0.15, 0.2) is 9.79 Å². The van der Waals surface area contributed by atoms with Crippen molar-refractivity contribution < 1.29 is 14.2 Å². The van der Waals surface area contributed by atoms with E-state index in [0.717, 1.165) is 19.5 Å². The molecule has 2 atom stereocenters. The third kappa shape index (κ3) is 4.46. The zero-order chi connectivity index (χ0) is 19.6. The summed E-state index contributed by atoms with van der Waals surface area (Å²) in [5.41, 5.74) is 0.289. The number of piperidine rings is 1. The van der Waals surface area contributed by atoms with Crippen LogP contribution in [0, 0.1) is 11.8 Å². The summed E-state index contributed by atoms with van der Waals surface area (Å²) in [6.07, 6.45) is 1.16. The largest absolute Gasteiger partial charge is 0.341 e. The molecule has 146 valence electrons. The molecule has 3 rings (SSSR count). The zero-order valence-corrected chi connectivity index (χ0v) is 16.6. The highest BCUT2D eigenvalue weighted by molar-refractivity contribution is 7.99. The smallest absolute Gasteiger partial charge is 0.233 e. The SMILES string of the molecule is CC(=O)Nc1nonc1-c1nnc(SCC(=O)N2C[C@H](C)C[C@@H](C)C2)n1C. The quantitative estimate of drug-likeness (QED) is 0.758. The van der Waals surface area contributed by atoms with E-state index in [-0.39, 0.29) is 23.3 Å². The molecule has 2 amide bonds. The Morgan fingerprint density at radius 3 is 2.59 bits per heavy atom. The van der Waals surface area contributed by atoms with Crippen LogP contribution >= 0.6 is 11.8 Å². The van der Waals surface area contributed by atoms with E-state index < -0.39 is 0 Å². The van der Waals surface area contributed by atoms with Gasteiger partial charge in [-0.3, -0.25) is 9.59 Å². The van der Waals surface area contributed by atoms with E-state index in [1.54, 1.807) is 11.6 Å². The molecule has 1 saturated heterocycles. The summed E-state index contributed by atoms with van der Waals surface area (Å²) in [5, 5.41) is 18.8. The Morgan fingerprint density at radius 1 is 1.22 bits per heavy atom. The van der Waals surface area contributed by atoms with Crippen LogP contribution in [0.4, 0.5) is 5.82 Å². The average molecular weight is 393 g/mol. The summed E-state index contributed by atoms with van der Waals surface area (Å²) < 4.78 is 6.40. The summed E-state index contributed by atoms with van der Waals surface area (Å²) >= 11 is 1.32. The van der Waals surface area contributed by atoms with Crippen molar-refractivity contribution >= 4 is 29.4 Å². The number of carbonyl (C=O) groups is 2. The van der Waals surface area contributed by atoms with Crippen molar-refractivity contribution in [2.75, 3.05) is 24.2 Å². The summed E-state index contributed by atoms with van der Waals surface area (Å²) in [4.78, 5) is 25.7. The number of hydrogen-bond acceptors (Lipinski definition) is 8.